The first kappa shape index (κ1) is 22.4. The van der Waals surface area contributed by atoms with Crippen LogP contribution < -0.4 is 16.4 Å². The molecule has 0 aliphatic heterocycles. The van der Waals surface area contributed by atoms with Crippen LogP contribution in [0.2, 0.25) is 0 Å². The van der Waals surface area contributed by atoms with Crippen molar-refractivity contribution in [3.63, 3.8) is 0 Å². The molecule has 0 fully saturated rings. The second-order valence-electron chi connectivity index (χ2n) is 0.678. The minimum absolute atomic E-state index is 0. The first-order valence-corrected chi connectivity index (χ1v) is 2.66. The summed E-state index contributed by atoms with van der Waals surface area (Å²) in [5.41, 5.74) is 0. The summed E-state index contributed by atoms with van der Waals surface area (Å²) in [4.78, 5) is 8.33. The monoisotopic (exact) mass is 238 g/mol. The van der Waals surface area contributed by atoms with E-state index in [1.54, 1.807) is 0 Å². The van der Waals surface area contributed by atoms with E-state index in [1.807, 2.05) is 0 Å². The van der Waals surface area contributed by atoms with Gasteiger partial charge in [0.2, 0.25) is 10.4 Å². The van der Waals surface area contributed by atoms with Crippen molar-refractivity contribution in [1.29, 1.82) is 0 Å². The number of quaternary nitrogens is 1. The van der Waals surface area contributed by atoms with Gasteiger partial charge in [-0.05, 0) is 6.16 Å². The largest absolute Gasteiger partial charge is 2.00 e. The van der Waals surface area contributed by atoms with Crippen molar-refractivity contribution in [2.45, 2.75) is 0 Å². The average Bonchev–Trinajstić information content (AvgIpc) is 1.19. The predicted molar refractivity (Wildman–Crippen MR) is 23.7 cm³/mol. The van der Waals surface area contributed by atoms with E-state index in [2.05, 4.69) is 0 Å². The third-order valence-electron chi connectivity index (χ3n) is 0. The van der Waals surface area contributed by atoms with E-state index in [1.165, 1.54) is 0 Å². The van der Waals surface area contributed by atoms with E-state index in [0.29, 0.717) is 0 Å². The number of hydrogen-bond donors (Lipinski definition) is 2. The van der Waals surface area contributed by atoms with Gasteiger partial charge in [-0.2, -0.15) is 0 Å². The Morgan fingerprint density at radius 1 is 1.27 bits per heavy atom. The van der Waals surface area contributed by atoms with Crippen LogP contribution in [0.15, 0.2) is 0 Å². The van der Waals surface area contributed by atoms with Crippen LogP contribution in [0.4, 0.5) is 4.79 Å². The summed E-state index contributed by atoms with van der Waals surface area (Å²) in [6.45, 7) is 0. The van der Waals surface area contributed by atoms with Crippen LogP contribution in [0.25, 0.3) is 0 Å². The van der Waals surface area contributed by atoms with Gasteiger partial charge in [-0.15, -0.1) is 0 Å². The molecule has 0 spiro atoms. The molecule has 73 valence electrons. The maximum Gasteiger partial charge on any atom is 2.00 e. The quantitative estimate of drug-likeness (QED) is 0.255. The SMILES string of the molecule is O=C([O-])[O-].O=S(=O)([O-])O.[Cu+2].[NH4+]. The van der Waals surface area contributed by atoms with Crippen LogP contribution in [0.1, 0.15) is 0 Å². The fourth-order valence-electron chi connectivity index (χ4n) is 0. The van der Waals surface area contributed by atoms with Gasteiger partial charge in [0, 0.05) is 0 Å². The van der Waals surface area contributed by atoms with Crippen molar-refractivity contribution in [2.75, 3.05) is 0 Å². The van der Waals surface area contributed by atoms with E-state index in [9.17, 15) is 0 Å². The fraction of sp³-hybridized carbons (Fsp3) is 0. The normalized spacial score (nSPS) is 7.45. The number of rotatable bonds is 0. The number of carbonyl (C=O) groups excluding carboxylic acids is 1. The molecule has 0 aromatic rings. The van der Waals surface area contributed by atoms with Crippen molar-refractivity contribution < 1.29 is 49.6 Å². The molecule has 8 nitrogen and oxygen atoms in total. The van der Waals surface area contributed by atoms with Gasteiger partial charge in [0.1, 0.15) is 0 Å². The zero-order chi connectivity index (χ0) is 8.08. The third-order valence-corrected chi connectivity index (χ3v) is 0. The number of hydrogen-bond acceptors (Lipinski definition) is 6. The minimum Gasteiger partial charge on any atom is -0.726 e. The molecule has 0 atom stereocenters. The Kier molecular flexibility index (Phi) is 19.6. The van der Waals surface area contributed by atoms with Gasteiger partial charge in [-0.1, -0.05) is 0 Å². The molecule has 0 saturated heterocycles. The van der Waals surface area contributed by atoms with Crippen LogP contribution in [-0.4, -0.2) is 23.7 Å². The molecule has 0 aliphatic carbocycles. The van der Waals surface area contributed by atoms with Crippen LogP contribution >= 0.6 is 0 Å². The number of carbonyl (C=O) groups is 1. The molecule has 10 heteroatoms. The molecule has 0 aromatic heterocycles. The Morgan fingerprint density at radius 3 is 1.27 bits per heavy atom. The van der Waals surface area contributed by atoms with Gasteiger partial charge in [0.25, 0.3) is 0 Å². The second kappa shape index (κ2) is 9.62. The molecule has 0 bridgehead atoms. The van der Waals surface area contributed by atoms with E-state index in [-0.39, 0.29) is 23.2 Å². The molecule has 5 N–H and O–H groups in total. The molecule has 0 aliphatic rings. The van der Waals surface area contributed by atoms with Crippen LogP contribution in [0.5, 0.6) is 0 Å². The van der Waals surface area contributed by atoms with Gasteiger partial charge in [-0.25, -0.2) is 8.42 Å². The zero-order valence-corrected chi connectivity index (χ0v) is 6.86. The first-order valence-electron chi connectivity index (χ1n) is 1.29. The van der Waals surface area contributed by atoms with E-state index in [0.717, 1.165) is 0 Å². The third kappa shape index (κ3) is 3860. The molecule has 0 heterocycles. The molecular weight excluding hydrogens is 234 g/mol. The van der Waals surface area contributed by atoms with Crippen LogP contribution in [0.3, 0.4) is 0 Å². The fourth-order valence-corrected chi connectivity index (χ4v) is 0. The van der Waals surface area contributed by atoms with Crippen molar-refractivity contribution in [1.82, 2.24) is 6.15 Å². The molecule has 0 unspecified atom stereocenters. The topological polar surface area (TPSA) is 177 Å². The smallest absolute Gasteiger partial charge is 0.726 e. The van der Waals surface area contributed by atoms with Gasteiger partial charge in [0.15, 0.2) is 0 Å². The van der Waals surface area contributed by atoms with E-state index < -0.39 is 16.6 Å². The first-order chi connectivity index (χ1) is 3.73. The van der Waals surface area contributed by atoms with Gasteiger partial charge < -0.3 is 25.7 Å². The Hall–Kier alpha value is -0.381. The predicted octanol–water partition coefficient (Wildman–Crippen LogP) is -3.07. The summed E-state index contributed by atoms with van der Waals surface area (Å²) in [6.07, 6.45) is -2.33. The van der Waals surface area contributed by atoms with Crippen molar-refractivity contribution in [3.05, 3.63) is 0 Å². The van der Waals surface area contributed by atoms with Gasteiger partial charge >= 0.3 is 17.1 Å². The molecule has 11 heavy (non-hydrogen) atoms. The zero-order valence-electron chi connectivity index (χ0n) is 5.11. The Balaban J connectivity index is -0.0000000383. The Morgan fingerprint density at radius 2 is 1.27 bits per heavy atom. The second-order valence-corrected chi connectivity index (χ2v) is 1.53. The molecule has 0 amide bonds. The van der Waals surface area contributed by atoms with Gasteiger partial charge in [-0.3, -0.25) is 4.55 Å². The Labute approximate surface area is 72.9 Å². The molecular formula is CH5CuNO7S. The van der Waals surface area contributed by atoms with Crippen molar-refractivity contribution >= 4 is 16.6 Å². The van der Waals surface area contributed by atoms with Crippen molar-refractivity contribution in [2.24, 2.45) is 0 Å². The van der Waals surface area contributed by atoms with E-state index in [4.69, 9.17) is 32.5 Å². The van der Waals surface area contributed by atoms with Gasteiger partial charge in [0.05, 0.1) is 0 Å². The van der Waals surface area contributed by atoms with E-state index >= 15 is 0 Å². The summed E-state index contributed by atoms with van der Waals surface area (Å²) in [5.74, 6) is 0. The summed E-state index contributed by atoms with van der Waals surface area (Å²) in [7, 11) is -4.92. The van der Waals surface area contributed by atoms with Crippen LogP contribution in [0, 0.1) is 0 Å². The molecule has 0 rings (SSSR count). The summed E-state index contributed by atoms with van der Waals surface area (Å²) in [5, 5.41) is 16.7. The van der Waals surface area contributed by atoms with Crippen LogP contribution in [-0.2, 0) is 27.5 Å². The molecule has 0 saturated carbocycles. The maximum atomic E-state index is 8.63. The average molecular weight is 239 g/mol. The standard InChI is InChI=1S/CH2O3.Cu.H3N.H2O4S/c2-1(3)4;;;1-5(2,3)4/h(H2,2,3,4);;1H3;(H2,1,2,3,4)/q;+2;;/p-2. The summed E-state index contributed by atoms with van der Waals surface area (Å²) >= 11 is 0. The van der Waals surface area contributed by atoms with Crippen molar-refractivity contribution in [3.8, 4) is 0 Å². The number of carboxylic acid groups (broad SMARTS) is 2. The Bertz CT molecular complexity index is 161. The molecule has 0 aromatic carbocycles. The molecule has 1 radical (unpaired) electrons. The summed E-state index contributed by atoms with van der Waals surface area (Å²) in [6, 6.07) is 0. The maximum absolute atomic E-state index is 8.63. The minimum atomic E-state index is -4.92. The summed E-state index contributed by atoms with van der Waals surface area (Å²) < 4.78 is 32.8.